The molecule has 0 amide bonds. The van der Waals surface area contributed by atoms with Gasteiger partial charge in [0.1, 0.15) is 0 Å². The second-order valence-corrected chi connectivity index (χ2v) is 7.30. The van der Waals surface area contributed by atoms with Crippen LogP contribution in [-0.2, 0) is 5.41 Å². The van der Waals surface area contributed by atoms with Crippen molar-refractivity contribution in [2.24, 2.45) is 17.8 Å². The van der Waals surface area contributed by atoms with Gasteiger partial charge < -0.3 is 4.98 Å². The van der Waals surface area contributed by atoms with Crippen LogP contribution in [0.5, 0.6) is 0 Å². The summed E-state index contributed by atoms with van der Waals surface area (Å²) in [4.78, 5) is 8.07. The van der Waals surface area contributed by atoms with Crippen molar-refractivity contribution in [1.29, 1.82) is 0 Å². The van der Waals surface area contributed by atoms with E-state index in [1.54, 1.807) is 11.8 Å². The Morgan fingerprint density at radius 3 is 2.24 bits per heavy atom. The molecule has 4 fully saturated rings. The highest BCUT2D eigenvalue weighted by Gasteiger charge is 2.52. The van der Waals surface area contributed by atoms with Gasteiger partial charge in [0, 0.05) is 17.3 Å². The molecule has 0 saturated heterocycles. The molecule has 4 bridgehead atoms. The second-order valence-electron chi connectivity index (χ2n) is 6.50. The molecular formula is C14H20N2S. The van der Waals surface area contributed by atoms with E-state index in [-0.39, 0.29) is 0 Å². The quantitative estimate of drug-likeness (QED) is 0.810. The Kier molecular flexibility index (Phi) is 2.18. The van der Waals surface area contributed by atoms with Crippen LogP contribution in [0.4, 0.5) is 0 Å². The standard InChI is InChI=1S/C14H20N2S/c1-17-13-15-8-12(16-13)14-5-9-2-10(6-14)4-11(3-9)7-14/h8-11H,2-7H2,1H3,(H,15,16). The summed E-state index contributed by atoms with van der Waals surface area (Å²) in [5, 5.41) is 1.09. The van der Waals surface area contributed by atoms with Gasteiger partial charge in [-0.3, -0.25) is 0 Å². The molecule has 0 aliphatic heterocycles. The van der Waals surface area contributed by atoms with Gasteiger partial charge >= 0.3 is 0 Å². The van der Waals surface area contributed by atoms with Crippen LogP contribution in [0.3, 0.4) is 0 Å². The fourth-order valence-electron chi connectivity index (χ4n) is 5.12. The van der Waals surface area contributed by atoms with Gasteiger partial charge in [-0.05, 0) is 62.5 Å². The first-order valence-electron chi connectivity index (χ1n) is 6.87. The van der Waals surface area contributed by atoms with E-state index in [4.69, 9.17) is 0 Å². The van der Waals surface area contributed by atoms with Crippen LogP contribution in [0.15, 0.2) is 11.4 Å². The first-order valence-corrected chi connectivity index (χ1v) is 8.09. The van der Waals surface area contributed by atoms with Crippen LogP contribution >= 0.6 is 11.8 Å². The molecule has 17 heavy (non-hydrogen) atoms. The van der Waals surface area contributed by atoms with Gasteiger partial charge in [0.2, 0.25) is 0 Å². The molecule has 5 rings (SSSR count). The average Bonchev–Trinajstić information content (AvgIpc) is 2.76. The predicted molar refractivity (Wildman–Crippen MR) is 70.2 cm³/mol. The van der Waals surface area contributed by atoms with Gasteiger partial charge in [-0.25, -0.2) is 4.98 Å². The van der Waals surface area contributed by atoms with Gasteiger partial charge in [0.05, 0.1) is 0 Å². The number of hydrogen-bond acceptors (Lipinski definition) is 2. The van der Waals surface area contributed by atoms with Crippen molar-refractivity contribution in [2.75, 3.05) is 6.26 Å². The highest BCUT2D eigenvalue weighted by molar-refractivity contribution is 7.98. The zero-order chi connectivity index (χ0) is 11.5. The summed E-state index contributed by atoms with van der Waals surface area (Å²) in [6, 6.07) is 0. The summed E-state index contributed by atoms with van der Waals surface area (Å²) >= 11 is 1.73. The molecule has 1 aromatic rings. The van der Waals surface area contributed by atoms with Gasteiger partial charge in [0.15, 0.2) is 5.16 Å². The Morgan fingerprint density at radius 2 is 1.76 bits per heavy atom. The zero-order valence-corrected chi connectivity index (χ0v) is 11.2. The first-order chi connectivity index (χ1) is 8.27. The molecule has 4 aliphatic carbocycles. The Balaban J connectivity index is 1.72. The topological polar surface area (TPSA) is 28.7 Å². The third kappa shape index (κ3) is 1.51. The molecule has 1 aromatic heterocycles. The van der Waals surface area contributed by atoms with Crippen molar-refractivity contribution < 1.29 is 0 Å². The minimum absolute atomic E-state index is 0.482. The lowest BCUT2D eigenvalue weighted by Crippen LogP contribution is -2.48. The van der Waals surface area contributed by atoms with Crippen molar-refractivity contribution in [3.05, 3.63) is 11.9 Å². The first kappa shape index (κ1) is 10.5. The van der Waals surface area contributed by atoms with E-state index in [1.807, 2.05) is 0 Å². The van der Waals surface area contributed by atoms with E-state index < -0.39 is 0 Å². The normalized spacial score (nSPS) is 43.2. The zero-order valence-electron chi connectivity index (χ0n) is 10.4. The smallest absolute Gasteiger partial charge is 0.165 e. The number of aromatic nitrogens is 2. The molecule has 4 saturated carbocycles. The summed E-state index contributed by atoms with van der Waals surface area (Å²) in [5.74, 6) is 3.05. The van der Waals surface area contributed by atoms with Crippen LogP contribution in [0.25, 0.3) is 0 Å². The van der Waals surface area contributed by atoms with Crippen LogP contribution in [-0.4, -0.2) is 16.2 Å². The molecule has 0 unspecified atom stereocenters. The Labute approximate surface area is 107 Å². The maximum atomic E-state index is 4.50. The van der Waals surface area contributed by atoms with Crippen molar-refractivity contribution >= 4 is 11.8 Å². The van der Waals surface area contributed by atoms with Gasteiger partial charge in [-0.2, -0.15) is 0 Å². The minimum atomic E-state index is 0.482. The number of thioether (sulfide) groups is 1. The molecular weight excluding hydrogens is 228 g/mol. The predicted octanol–water partition coefficient (Wildman–Crippen LogP) is 3.60. The van der Waals surface area contributed by atoms with Gasteiger partial charge in [-0.15, -0.1) is 0 Å². The molecule has 0 aromatic carbocycles. The lowest BCUT2D eigenvalue weighted by molar-refractivity contribution is -0.00714. The molecule has 4 aliphatic rings. The Bertz CT molecular complexity index is 402. The number of H-pyrrole nitrogens is 1. The number of imidazole rings is 1. The van der Waals surface area contributed by atoms with Crippen molar-refractivity contribution in [1.82, 2.24) is 9.97 Å². The average molecular weight is 248 g/mol. The molecule has 2 nitrogen and oxygen atoms in total. The van der Waals surface area contributed by atoms with E-state index in [0.717, 1.165) is 22.9 Å². The lowest BCUT2D eigenvalue weighted by Gasteiger charge is -2.56. The summed E-state index contributed by atoms with van der Waals surface area (Å²) in [5.41, 5.74) is 1.93. The summed E-state index contributed by atoms with van der Waals surface area (Å²) in [6.45, 7) is 0. The highest BCUT2D eigenvalue weighted by atomic mass is 32.2. The maximum absolute atomic E-state index is 4.50. The largest absolute Gasteiger partial charge is 0.336 e. The van der Waals surface area contributed by atoms with Crippen LogP contribution in [0, 0.1) is 17.8 Å². The summed E-state index contributed by atoms with van der Waals surface area (Å²) < 4.78 is 0. The van der Waals surface area contributed by atoms with Crippen molar-refractivity contribution in [2.45, 2.75) is 49.1 Å². The monoisotopic (exact) mass is 248 g/mol. The number of hydrogen-bond donors (Lipinski definition) is 1. The molecule has 0 radical (unpaired) electrons. The van der Waals surface area contributed by atoms with E-state index in [2.05, 4.69) is 22.4 Å². The SMILES string of the molecule is CSc1ncc(C23CC4CC(CC(C4)C2)C3)[nH]1. The Morgan fingerprint density at radius 1 is 1.18 bits per heavy atom. The fourth-order valence-corrected chi connectivity index (χ4v) is 5.49. The minimum Gasteiger partial charge on any atom is -0.336 e. The number of nitrogens with zero attached hydrogens (tertiary/aromatic N) is 1. The van der Waals surface area contributed by atoms with E-state index in [1.165, 1.54) is 44.2 Å². The van der Waals surface area contributed by atoms with Crippen molar-refractivity contribution in [3.63, 3.8) is 0 Å². The number of rotatable bonds is 2. The molecule has 92 valence electrons. The van der Waals surface area contributed by atoms with Gasteiger partial charge in [0.25, 0.3) is 0 Å². The van der Waals surface area contributed by atoms with Crippen molar-refractivity contribution in [3.8, 4) is 0 Å². The van der Waals surface area contributed by atoms with Crippen LogP contribution in [0.2, 0.25) is 0 Å². The highest BCUT2D eigenvalue weighted by Crippen LogP contribution is 2.60. The third-order valence-corrected chi connectivity index (χ3v) is 5.95. The fraction of sp³-hybridized carbons (Fsp3) is 0.786. The molecule has 0 spiro atoms. The van der Waals surface area contributed by atoms with Gasteiger partial charge in [-0.1, -0.05) is 11.8 Å². The van der Waals surface area contributed by atoms with E-state index >= 15 is 0 Å². The third-order valence-electron chi connectivity index (χ3n) is 5.36. The van der Waals surface area contributed by atoms with Crippen LogP contribution in [0.1, 0.15) is 44.2 Å². The molecule has 1 N–H and O–H groups in total. The van der Waals surface area contributed by atoms with Crippen LogP contribution < -0.4 is 0 Å². The van der Waals surface area contributed by atoms with E-state index in [9.17, 15) is 0 Å². The Hall–Kier alpha value is -0.440. The molecule has 3 heteroatoms. The molecule has 1 heterocycles. The second kappa shape index (κ2) is 3.53. The summed E-state index contributed by atoms with van der Waals surface area (Å²) in [7, 11) is 0. The molecule has 0 atom stereocenters. The number of aromatic amines is 1. The summed E-state index contributed by atoms with van der Waals surface area (Å²) in [6.07, 6.45) is 13.1. The van der Waals surface area contributed by atoms with E-state index in [0.29, 0.717) is 5.41 Å². The lowest BCUT2D eigenvalue weighted by atomic mass is 9.49. The maximum Gasteiger partial charge on any atom is 0.165 e. The number of nitrogens with one attached hydrogen (secondary N) is 1.